The van der Waals surface area contributed by atoms with Gasteiger partial charge in [0, 0.05) is 6.07 Å². The normalized spacial score (nSPS) is 37.2. The molecule has 2 aromatic rings. The molecule has 0 spiro atoms. The van der Waals surface area contributed by atoms with Crippen LogP contribution in [0.15, 0.2) is 42.5 Å². The van der Waals surface area contributed by atoms with Crippen molar-refractivity contribution in [2.75, 3.05) is 13.2 Å². The summed E-state index contributed by atoms with van der Waals surface area (Å²) in [5.41, 5.74) is 0.926. The summed E-state index contributed by atoms with van der Waals surface area (Å²) in [7, 11) is 0. The first-order valence-corrected chi connectivity index (χ1v) is 13.0. The number of carbonyl (C=O) groups is 1. The fraction of sp³-hybridized carbons (Fsp3) is 0.519. The standard InChI is InChI=1S/C27H32O14/c28-9-18-20(31)22(33)24(35)26(40-18)37-12-3-1-11(2-4-12)16-8-15(30)14-6-5-13(7-17(14)39-16)38-27-25(36)23(34)21(32)19(10-29)41-27/h1-7,16,18-29,31-36H,8-10H2/t16-,18+,19+,20+,21+,22+,23+,24+,25+,26+,27+/m1/s1. The van der Waals surface area contributed by atoms with Crippen LogP contribution in [0.4, 0.5) is 0 Å². The van der Waals surface area contributed by atoms with Gasteiger partial charge in [0.1, 0.15) is 72.2 Å². The minimum absolute atomic E-state index is 0.0346. The third-order valence-electron chi connectivity index (χ3n) is 7.35. The Bertz CT molecular complexity index is 1200. The quantitative estimate of drug-likeness (QED) is 0.173. The molecule has 0 radical (unpaired) electrons. The molecule has 0 aromatic heterocycles. The molecule has 0 aliphatic carbocycles. The van der Waals surface area contributed by atoms with Crippen LogP contribution in [0.2, 0.25) is 0 Å². The summed E-state index contributed by atoms with van der Waals surface area (Å²) in [6, 6.07) is 10.7. The molecule has 2 saturated heterocycles. The van der Waals surface area contributed by atoms with Crippen LogP contribution in [0.5, 0.6) is 17.2 Å². The van der Waals surface area contributed by atoms with E-state index in [0.717, 1.165) is 0 Å². The predicted octanol–water partition coefficient (Wildman–Crippen LogP) is -2.25. The molecule has 3 aliphatic heterocycles. The van der Waals surface area contributed by atoms with Crippen molar-refractivity contribution in [2.45, 2.75) is 73.9 Å². The number of hydrogen-bond donors (Lipinski definition) is 8. The molecule has 0 saturated carbocycles. The lowest BCUT2D eigenvalue weighted by molar-refractivity contribution is -0.277. The van der Waals surface area contributed by atoms with Crippen LogP contribution < -0.4 is 14.2 Å². The van der Waals surface area contributed by atoms with E-state index >= 15 is 0 Å². The van der Waals surface area contributed by atoms with Gasteiger partial charge in [-0.25, -0.2) is 0 Å². The highest BCUT2D eigenvalue weighted by Gasteiger charge is 2.46. The third-order valence-corrected chi connectivity index (χ3v) is 7.35. The van der Waals surface area contributed by atoms with Gasteiger partial charge in [0.2, 0.25) is 12.6 Å². The van der Waals surface area contributed by atoms with Gasteiger partial charge in [-0.1, -0.05) is 12.1 Å². The molecule has 0 unspecified atom stereocenters. The van der Waals surface area contributed by atoms with Crippen molar-refractivity contribution < 1.29 is 69.3 Å². The molecule has 0 bridgehead atoms. The monoisotopic (exact) mass is 580 g/mol. The van der Waals surface area contributed by atoms with E-state index in [1.165, 1.54) is 18.2 Å². The largest absolute Gasteiger partial charge is 0.484 e. The van der Waals surface area contributed by atoms with Gasteiger partial charge in [-0.2, -0.15) is 0 Å². The van der Waals surface area contributed by atoms with Crippen LogP contribution in [-0.4, -0.2) is 121 Å². The highest BCUT2D eigenvalue weighted by Crippen LogP contribution is 2.38. The first-order valence-electron chi connectivity index (χ1n) is 13.0. The number of ether oxygens (including phenoxy) is 5. The van der Waals surface area contributed by atoms with Crippen molar-refractivity contribution in [3.8, 4) is 17.2 Å². The van der Waals surface area contributed by atoms with E-state index in [9.17, 15) is 45.6 Å². The number of rotatable bonds is 7. The van der Waals surface area contributed by atoms with Gasteiger partial charge in [0.05, 0.1) is 25.2 Å². The summed E-state index contributed by atoms with van der Waals surface area (Å²) in [5, 5.41) is 79.0. The molecule has 5 rings (SSSR count). The average molecular weight is 581 g/mol. The van der Waals surface area contributed by atoms with E-state index < -0.39 is 80.7 Å². The Morgan fingerprint density at radius 1 is 0.683 bits per heavy atom. The van der Waals surface area contributed by atoms with Crippen LogP contribution in [-0.2, 0) is 9.47 Å². The van der Waals surface area contributed by atoms with Gasteiger partial charge in [-0.3, -0.25) is 4.79 Å². The minimum Gasteiger partial charge on any atom is -0.484 e. The number of carbonyl (C=O) groups excluding carboxylic acids is 1. The zero-order valence-corrected chi connectivity index (χ0v) is 21.5. The maximum absolute atomic E-state index is 12.9. The first kappa shape index (κ1) is 29.6. The fourth-order valence-electron chi connectivity index (χ4n) is 4.92. The summed E-state index contributed by atoms with van der Waals surface area (Å²) in [4.78, 5) is 12.9. The molecule has 2 aromatic carbocycles. The van der Waals surface area contributed by atoms with Crippen molar-refractivity contribution in [2.24, 2.45) is 0 Å². The van der Waals surface area contributed by atoms with Crippen LogP contribution in [0.3, 0.4) is 0 Å². The summed E-state index contributed by atoms with van der Waals surface area (Å²) in [6.07, 6.45) is -15.1. The molecule has 14 nitrogen and oxygen atoms in total. The minimum atomic E-state index is -1.61. The Balaban J connectivity index is 1.26. The Kier molecular flexibility index (Phi) is 8.77. The summed E-state index contributed by atoms with van der Waals surface area (Å²) in [6.45, 7) is -1.20. The molecule has 11 atom stereocenters. The van der Waals surface area contributed by atoms with Gasteiger partial charge in [-0.15, -0.1) is 0 Å². The maximum Gasteiger partial charge on any atom is 0.229 e. The van der Waals surface area contributed by atoms with E-state index in [0.29, 0.717) is 11.1 Å². The summed E-state index contributed by atoms with van der Waals surface area (Å²) < 4.78 is 28.0. The molecule has 14 heteroatoms. The lowest BCUT2D eigenvalue weighted by Gasteiger charge is -2.39. The average Bonchev–Trinajstić information content (AvgIpc) is 2.97. The highest BCUT2D eigenvalue weighted by molar-refractivity contribution is 6.00. The smallest absolute Gasteiger partial charge is 0.229 e. The number of hydrogen-bond acceptors (Lipinski definition) is 14. The van der Waals surface area contributed by atoms with Crippen LogP contribution >= 0.6 is 0 Å². The molecule has 3 heterocycles. The van der Waals surface area contributed by atoms with Crippen molar-refractivity contribution >= 4 is 5.78 Å². The third kappa shape index (κ3) is 5.89. The number of Topliss-reactive ketones (excluding diaryl/α,β-unsaturated/α-hetero) is 1. The Hall–Kier alpha value is -2.89. The number of aliphatic hydroxyl groups excluding tert-OH is 8. The van der Waals surface area contributed by atoms with Crippen LogP contribution in [0.1, 0.15) is 28.4 Å². The van der Waals surface area contributed by atoms with E-state index in [4.69, 9.17) is 23.7 Å². The van der Waals surface area contributed by atoms with Crippen molar-refractivity contribution in [3.05, 3.63) is 53.6 Å². The lowest BCUT2D eigenvalue weighted by Crippen LogP contribution is -2.60. The van der Waals surface area contributed by atoms with Gasteiger partial charge in [0.25, 0.3) is 0 Å². The second kappa shape index (κ2) is 12.1. The summed E-state index contributed by atoms with van der Waals surface area (Å²) in [5.74, 6) is 0.396. The number of aliphatic hydroxyl groups is 8. The Morgan fingerprint density at radius 3 is 1.73 bits per heavy atom. The molecule has 0 amide bonds. The fourth-order valence-corrected chi connectivity index (χ4v) is 4.92. The molecule has 3 aliphatic rings. The van der Waals surface area contributed by atoms with E-state index in [1.807, 2.05) is 0 Å². The zero-order chi connectivity index (χ0) is 29.4. The molecular weight excluding hydrogens is 548 g/mol. The Morgan fingerprint density at radius 2 is 1.20 bits per heavy atom. The Labute approximate surface area is 233 Å². The van der Waals surface area contributed by atoms with Crippen molar-refractivity contribution in [3.63, 3.8) is 0 Å². The molecule has 2 fully saturated rings. The second-order valence-corrected chi connectivity index (χ2v) is 10.1. The molecule has 41 heavy (non-hydrogen) atoms. The van der Waals surface area contributed by atoms with Crippen LogP contribution in [0.25, 0.3) is 0 Å². The van der Waals surface area contributed by atoms with Gasteiger partial charge >= 0.3 is 0 Å². The lowest BCUT2D eigenvalue weighted by atomic mass is 9.96. The van der Waals surface area contributed by atoms with E-state index in [1.54, 1.807) is 24.3 Å². The number of benzene rings is 2. The SMILES string of the molecule is O=C1C[C@H](c2ccc(O[C@H]3O[C@@H](CO)[C@H](O)[C@H](O)[C@@H]3O)cc2)Oc2cc(O[C@H]3O[C@@H](CO)[C@H](O)[C@H](O)[C@@H]3O)ccc21. The maximum atomic E-state index is 12.9. The molecule has 224 valence electrons. The molecule has 8 N–H and O–H groups in total. The van der Waals surface area contributed by atoms with Gasteiger partial charge < -0.3 is 64.5 Å². The number of fused-ring (bicyclic) bond motifs is 1. The van der Waals surface area contributed by atoms with Crippen molar-refractivity contribution in [1.82, 2.24) is 0 Å². The topological polar surface area (TPSA) is 225 Å². The predicted molar refractivity (Wildman–Crippen MR) is 134 cm³/mol. The van der Waals surface area contributed by atoms with Crippen LogP contribution in [0, 0.1) is 0 Å². The second-order valence-electron chi connectivity index (χ2n) is 10.1. The zero-order valence-electron chi connectivity index (χ0n) is 21.5. The van der Waals surface area contributed by atoms with E-state index in [-0.39, 0.29) is 29.5 Å². The summed E-state index contributed by atoms with van der Waals surface area (Å²) >= 11 is 0. The first-order chi connectivity index (χ1) is 19.6. The highest BCUT2D eigenvalue weighted by atomic mass is 16.7. The number of ketones is 1. The van der Waals surface area contributed by atoms with Gasteiger partial charge in [0.15, 0.2) is 5.78 Å². The molecular formula is C27H32O14. The van der Waals surface area contributed by atoms with Gasteiger partial charge in [-0.05, 0) is 29.8 Å². The van der Waals surface area contributed by atoms with Crippen molar-refractivity contribution in [1.29, 1.82) is 0 Å². The van der Waals surface area contributed by atoms with E-state index in [2.05, 4.69) is 0 Å².